The second kappa shape index (κ2) is 49.7. The molecule has 9 nitrogen and oxygen atoms in total. The number of hydrogen-bond donors (Lipinski definition) is 6. The Morgan fingerprint density at radius 3 is 1.22 bits per heavy atom. The van der Waals surface area contributed by atoms with E-state index >= 15 is 0 Å². The van der Waals surface area contributed by atoms with Gasteiger partial charge in [-0.2, -0.15) is 0 Å². The molecule has 0 aliphatic carbocycles. The molecule has 404 valence electrons. The predicted octanol–water partition coefficient (Wildman–Crippen LogP) is 14.5. The van der Waals surface area contributed by atoms with Gasteiger partial charge in [-0.1, -0.05) is 242 Å². The molecular formula is C60H111NO8. The average molecular weight is 975 g/mol. The molecule has 1 rings (SSSR count). The van der Waals surface area contributed by atoms with Crippen LogP contribution in [-0.4, -0.2) is 87.5 Å². The first kappa shape index (κ1) is 65.2. The standard InChI is InChI=1S/C60H111NO8/c1-3-5-7-9-11-13-15-17-19-21-23-25-26-27-28-30-32-34-36-38-40-42-44-46-48-50-56(64)61-53(52-68-60-59(67)58(66)57(65)55(51-62)69-60)54(63)49-47-45-43-41-39-37-35-33-31-29-24-22-20-18-16-14-12-10-8-6-4-2/h21,23,31,33,39,41,47,49,53-55,57-60,62-63,65-67H,3-20,22,24-30,32,34-38,40,42-46,48,50-52H2,1-2H3,(H,61,64)/b23-21-,33-31+,41-39+,49-47+. The van der Waals surface area contributed by atoms with Crippen LogP contribution in [0.15, 0.2) is 48.6 Å². The number of carbonyl (C=O) groups is 1. The van der Waals surface area contributed by atoms with E-state index in [2.05, 4.69) is 55.6 Å². The van der Waals surface area contributed by atoms with E-state index in [0.717, 1.165) is 44.9 Å². The molecule has 0 aromatic heterocycles. The van der Waals surface area contributed by atoms with Gasteiger partial charge in [-0.15, -0.1) is 0 Å². The summed E-state index contributed by atoms with van der Waals surface area (Å²) in [7, 11) is 0. The van der Waals surface area contributed by atoms with Crippen molar-refractivity contribution in [2.75, 3.05) is 13.2 Å². The maximum atomic E-state index is 13.1. The average Bonchev–Trinajstić information content (AvgIpc) is 3.35. The van der Waals surface area contributed by atoms with Crippen molar-refractivity contribution >= 4 is 5.91 Å². The normalized spacial score (nSPS) is 19.8. The number of rotatable bonds is 50. The highest BCUT2D eigenvalue weighted by Gasteiger charge is 2.44. The van der Waals surface area contributed by atoms with Crippen LogP contribution in [0, 0.1) is 0 Å². The highest BCUT2D eigenvalue weighted by atomic mass is 16.7. The second-order valence-corrected chi connectivity index (χ2v) is 20.4. The molecule has 1 aliphatic rings. The highest BCUT2D eigenvalue weighted by Crippen LogP contribution is 2.23. The van der Waals surface area contributed by atoms with E-state index in [4.69, 9.17) is 9.47 Å². The molecule has 69 heavy (non-hydrogen) atoms. The summed E-state index contributed by atoms with van der Waals surface area (Å²) in [6, 6.07) is -0.829. The topological polar surface area (TPSA) is 149 Å². The number of nitrogens with one attached hydrogen (secondary N) is 1. The Kier molecular flexibility index (Phi) is 47.0. The zero-order chi connectivity index (χ0) is 50.1. The van der Waals surface area contributed by atoms with E-state index in [1.165, 1.54) is 205 Å². The molecule has 1 saturated heterocycles. The molecule has 6 N–H and O–H groups in total. The van der Waals surface area contributed by atoms with E-state index in [1.807, 2.05) is 6.08 Å². The third kappa shape index (κ3) is 39.4. The summed E-state index contributed by atoms with van der Waals surface area (Å²) in [5.74, 6) is -0.189. The Bertz CT molecular complexity index is 1220. The Hall–Kier alpha value is -1.85. The number of ether oxygens (including phenoxy) is 2. The SMILES string of the molecule is CCCCCCCCCC/C=C\CCCCCCCCCCCCCCCC(=O)NC(COC1OC(CO)C(O)C(O)C1O)C(O)/C=C/CC/C=C/CC/C=C/CCCCCCCCCCCCC. The Balaban J connectivity index is 2.25. The lowest BCUT2D eigenvalue weighted by molar-refractivity contribution is -0.302. The lowest BCUT2D eigenvalue weighted by atomic mass is 9.99. The van der Waals surface area contributed by atoms with Crippen LogP contribution in [-0.2, 0) is 14.3 Å². The maximum absolute atomic E-state index is 13.1. The van der Waals surface area contributed by atoms with Crippen LogP contribution in [0.4, 0.5) is 0 Å². The van der Waals surface area contributed by atoms with E-state index in [1.54, 1.807) is 6.08 Å². The number of hydrogen-bond acceptors (Lipinski definition) is 8. The minimum atomic E-state index is -1.58. The molecule has 0 spiro atoms. The van der Waals surface area contributed by atoms with E-state index in [-0.39, 0.29) is 12.5 Å². The van der Waals surface area contributed by atoms with Gasteiger partial charge in [-0.05, 0) is 70.6 Å². The van der Waals surface area contributed by atoms with Crippen LogP contribution < -0.4 is 5.32 Å². The van der Waals surface area contributed by atoms with Gasteiger partial charge in [0.15, 0.2) is 6.29 Å². The van der Waals surface area contributed by atoms with Gasteiger partial charge in [-0.3, -0.25) is 4.79 Å². The molecule has 0 bridgehead atoms. The molecule has 1 amide bonds. The first-order chi connectivity index (χ1) is 33.8. The summed E-state index contributed by atoms with van der Waals surface area (Å²) >= 11 is 0. The molecule has 1 aliphatic heterocycles. The molecule has 0 radical (unpaired) electrons. The molecule has 7 unspecified atom stereocenters. The van der Waals surface area contributed by atoms with Gasteiger partial charge in [0.25, 0.3) is 0 Å². The van der Waals surface area contributed by atoms with Crippen LogP contribution in [0.2, 0.25) is 0 Å². The number of aliphatic hydroxyl groups is 5. The van der Waals surface area contributed by atoms with Gasteiger partial charge in [0.2, 0.25) is 5.91 Å². The largest absolute Gasteiger partial charge is 0.394 e. The molecule has 0 aromatic rings. The number of unbranched alkanes of at least 4 members (excludes halogenated alkanes) is 34. The first-order valence-electron chi connectivity index (χ1n) is 29.4. The van der Waals surface area contributed by atoms with Crippen LogP contribution in [0.25, 0.3) is 0 Å². The molecule has 1 fully saturated rings. The van der Waals surface area contributed by atoms with Gasteiger partial charge in [0.05, 0.1) is 25.4 Å². The zero-order valence-electron chi connectivity index (χ0n) is 44.8. The quantitative estimate of drug-likeness (QED) is 0.0261. The van der Waals surface area contributed by atoms with Crippen molar-refractivity contribution in [3.05, 3.63) is 48.6 Å². The fraction of sp³-hybridized carbons (Fsp3) is 0.850. The molecular weight excluding hydrogens is 863 g/mol. The van der Waals surface area contributed by atoms with Crippen LogP contribution in [0.5, 0.6) is 0 Å². The van der Waals surface area contributed by atoms with Crippen molar-refractivity contribution in [1.29, 1.82) is 0 Å². The van der Waals surface area contributed by atoms with Crippen LogP contribution in [0.3, 0.4) is 0 Å². The number of aliphatic hydroxyl groups excluding tert-OH is 5. The molecule has 0 aromatic carbocycles. The number of amides is 1. The van der Waals surface area contributed by atoms with Crippen molar-refractivity contribution in [1.82, 2.24) is 5.32 Å². The van der Waals surface area contributed by atoms with Crippen molar-refractivity contribution < 1.29 is 39.8 Å². The summed E-state index contributed by atoms with van der Waals surface area (Å²) in [4.78, 5) is 13.1. The van der Waals surface area contributed by atoms with E-state index in [9.17, 15) is 30.3 Å². The Morgan fingerprint density at radius 1 is 0.478 bits per heavy atom. The van der Waals surface area contributed by atoms with Crippen molar-refractivity contribution in [3.63, 3.8) is 0 Å². The van der Waals surface area contributed by atoms with Gasteiger partial charge in [0, 0.05) is 6.42 Å². The summed E-state index contributed by atoms with van der Waals surface area (Å²) < 4.78 is 11.3. The van der Waals surface area contributed by atoms with E-state index in [0.29, 0.717) is 6.42 Å². The lowest BCUT2D eigenvalue weighted by Gasteiger charge is -2.40. The van der Waals surface area contributed by atoms with Crippen LogP contribution >= 0.6 is 0 Å². The molecule has 9 heteroatoms. The summed E-state index contributed by atoms with van der Waals surface area (Å²) in [6.45, 7) is 3.78. The number of carbonyl (C=O) groups excluding carboxylic acids is 1. The van der Waals surface area contributed by atoms with Gasteiger partial charge >= 0.3 is 0 Å². The Morgan fingerprint density at radius 2 is 0.826 bits per heavy atom. The fourth-order valence-corrected chi connectivity index (χ4v) is 9.18. The third-order valence-corrected chi connectivity index (χ3v) is 13.9. The molecule has 7 atom stereocenters. The summed E-state index contributed by atoms with van der Waals surface area (Å²) in [5.41, 5.74) is 0. The van der Waals surface area contributed by atoms with Gasteiger partial charge in [-0.25, -0.2) is 0 Å². The van der Waals surface area contributed by atoms with Gasteiger partial charge < -0.3 is 40.3 Å². The smallest absolute Gasteiger partial charge is 0.220 e. The fourth-order valence-electron chi connectivity index (χ4n) is 9.18. The number of allylic oxidation sites excluding steroid dienone is 7. The Labute approximate surface area is 424 Å². The second-order valence-electron chi connectivity index (χ2n) is 20.4. The zero-order valence-corrected chi connectivity index (χ0v) is 44.8. The lowest BCUT2D eigenvalue weighted by Crippen LogP contribution is -2.60. The third-order valence-electron chi connectivity index (χ3n) is 13.9. The van der Waals surface area contributed by atoms with Crippen LogP contribution in [0.1, 0.15) is 271 Å². The monoisotopic (exact) mass is 974 g/mol. The first-order valence-corrected chi connectivity index (χ1v) is 29.4. The molecule has 1 heterocycles. The van der Waals surface area contributed by atoms with E-state index < -0.39 is 49.5 Å². The van der Waals surface area contributed by atoms with Gasteiger partial charge in [0.1, 0.15) is 24.4 Å². The minimum absolute atomic E-state index is 0.189. The summed E-state index contributed by atoms with van der Waals surface area (Å²) in [6.07, 6.45) is 58.9. The predicted molar refractivity (Wildman–Crippen MR) is 290 cm³/mol. The van der Waals surface area contributed by atoms with Crippen molar-refractivity contribution in [2.24, 2.45) is 0 Å². The minimum Gasteiger partial charge on any atom is -0.394 e. The highest BCUT2D eigenvalue weighted by molar-refractivity contribution is 5.76. The molecule has 0 saturated carbocycles. The maximum Gasteiger partial charge on any atom is 0.220 e. The summed E-state index contributed by atoms with van der Waals surface area (Å²) in [5, 5.41) is 54.5. The van der Waals surface area contributed by atoms with Crippen molar-refractivity contribution in [2.45, 2.75) is 314 Å². The van der Waals surface area contributed by atoms with Crippen molar-refractivity contribution in [3.8, 4) is 0 Å².